The van der Waals surface area contributed by atoms with E-state index in [4.69, 9.17) is 4.74 Å². The van der Waals surface area contributed by atoms with Crippen LogP contribution in [0.2, 0.25) is 0 Å². The zero-order chi connectivity index (χ0) is 11.9. The number of halogens is 1. The highest BCUT2D eigenvalue weighted by molar-refractivity contribution is 9.10. The molecule has 1 aromatic rings. The fraction of sp³-hybridized carbons (Fsp3) is 0.462. The monoisotopic (exact) mass is 282 g/mol. The lowest BCUT2D eigenvalue weighted by atomic mass is 9.97. The summed E-state index contributed by atoms with van der Waals surface area (Å²) in [4.78, 5) is 11.5. The molecule has 0 N–H and O–H groups in total. The van der Waals surface area contributed by atoms with Crippen molar-refractivity contribution in [3.8, 4) is 0 Å². The molecule has 1 aromatic carbocycles. The third kappa shape index (κ3) is 2.36. The molecule has 0 amide bonds. The van der Waals surface area contributed by atoms with Gasteiger partial charge >= 0.3 is 0 Å². The van der Waals surface area contributed by atoms with Gasteiger partial charge in [0.15, 0.2) is 5.78 Å². The molecule has 1 aliphatic heterocycles. The average Bonchev–Trinajstić information content (AvgIpc) is 2.76. The van der Waals surface area contributed by atoms with E-state index in [0.29, 0.717) is 0 Å². The van der Waals surface area contributed by atoms with Crippen molar-refractivity contribution in [2.75, 3.05) is 0 Å². The van der Waals surface area contributed by atoms with Gasteiger partial charge in [0.1, 0.15) is 0 Å². The summed E-state index contributed by atoms with van der Waals surface area (Å²) in [5.41, 5.74) is 1.84. The van der Waals surface area contributed by atoms with E-state index in [1.807, 2.05) is 18.2 Å². The highest BCUT2D eigenvalue weighted by atomic mass is 79.9. The van der Waals surface area contributed by atoms with E-state index in [0.717, 1.165) is 22.0 Å². The first kappa shape index (κ1) is 11.8. The van der Waals surface area contributed by atoms with Crippen LogP contribution in [0, 0.1) is 0 Å². The molecule has 1 aliphatic rings. The Morgan fingerprint density at radius 2 is 2.12 bits per heavy atom. The van der Waals surface area contributed by atoms with Crippen LogP contribution in [0.15, 0.2) is 22.7 Å². The summed E-state index contributed by atoms with van der Waals surface area (Å²) >= 11 is 3.39. The standard InChI is InChI=1S/C13H15BrO2/c1-8(15)11-7-10(14)5-4-9(11)6-12-13(2,3)16-12/h4-5,7,12H,6H2,1-3H3/t12-/m0/s1. The summed E-state index contributed by atoms with van der Waals surface area (Å²) in [6.07, 6.45) is 1.06. The quantitative estimate of drug-likeness (QED) is 0.628. The SMILES string of the molecule is CC(=O)c1cc(Br)ccc1C[C@@H]1OC1(C)C. The molecule has 0 aromatic heterocycles. The highest BCUT2D eigenvalue weighted by Crippen LogP contribution is 2.38. The molecular weight excluding hydrogens is 268 g/mol. The van der Waals surface area contributed by atoms with Crippen LogP contribution in [0.3, 0.4) is 0 Å². The summed E-state index contributed by atoms with van der Waals surface area (Å²) < 4.78 is 6.49. The number of hydrogen-bond donors (Lipinski definition) is 0. The summed E-state index contributed by atoms with van der Waals surface area (Å²) in [5, 5.41) is 0. The second-order valence-electron chi connectivity index (χ2n) is 4.77. The lowest BCUT2D eigenvalue weighted by molar-refractivity contribution is 0.101. The molecule has 2 rings (SSSR count). The van der Waals surface area contributed by atoms with Gasteiger partial charge in [0.05, 0.1) is 11.7 Å². The number of benzene rings is 1. The van der Waals surface area contributed by atoms with Gasteiger partial charge in [-0.15, -0.1) is 0 Å². The Morgan fingerprint density at radius 1 is 1.50 bits per heavy atom. The predicted molar refractivity (Wildman–Crippen MR) is 66.8 cm³/mol. The Hall–Kier alpha value is -0.670. The van der Waals surface area contributed by atoms with Crippen molar-refractivity contribution in [2.24, 2.45) is 0 Å². The van der Waals surface area contributed by atoms with Crippen LogP contribution in [0.5, 0.6) is 0 Å². The van der Waals surface area contributed by atoms with Crippen LogP contribution in [0.1, 0.15) is 36.7 Å². The van der Waals surface area contributed by atoms with Gasteiger partial charge in [-0.05, 0) is 38.5 Å². The van der Waals surface area contributed by atoms with E-state index in [1.165, 1.54) is 0 Å². The molecule has 0 spiro atoms. The first-order chi connectivity index (χ1) is 7.40. The van der Waals surface area contributed by atoms with Crippen LogP contribution in [-0.4, -0.2) is 17.5 Å². The summed E-state index contributed by atoms with van der Waals surface area (Å²) in [5.74, 6) is 0.106. The van der Waals surface area contributed by atoms with Gasteiger partial charge in [0.25, 0.3) is 0 Å². The summed E-state index contributed by atoms with van der Waals surface area (Å²) in [7, 11) is 0. The van der Waals surface area contributed by atoms with Gasteiger partial charge in [0.2, 0.25) is 0 Å². The predicted octanol–water partition coefficient (Wildman–Crippen LogP) is 3.37. The van der Waals surface area contributed by atoms with Gasteiger partial charge in [-0.2, -0.15) is 0 Å². The number of rotatable bonds is 3. The molecule has 16 heavy (non-hydrogen) atoms. The second kappa shape index (κ2) is 3.97. The molecule has 86 valence electrons. The Kier molecular flexibility index (Phi) is 2.93. The number of epoxide rings is 1. The molecule has 1 fully saturated rings. The van der Waals surface area contributed by atoms with Crippen molar-refractivity contribution in [2.45, 2.75) is 38.9 Å². The van der Waals surface area contributed by atoms with Crippen LogP contribution in [-0.2, 0) is 11.2 Å². The van der Waals surface area contributed by atoms with Gasteiger partial charge in [-0.25, -0.2) is 0 Å². The Balaban J connectivity index is 2.24. The first-order valence-corrected chi connectivity index (χ1v) is 6.16. The fourth-order valence-electron chi connectivity index (χ4n) is 1.87. The number of ketones is 1. The zero-order valence-corrected chi connectivity index (χ0v) is 11.3. The highest BCUT2D eigenvalue weighted by Gasteiger charge is 2.47. The van der Waals surface area contributed by atoms with E-state index < -0.39 is 0 Å². The first-order valence-electron chi connectivity index (χ1n) is 5.37. The van der Waals surface area contributed by atoms with E-state index >= 15 is 0 Å². The molecule has 2 nitrogen and oxygen atoms in total. The van der Waals surface area contributed by atoms with Crippen molar-refractivity contribution >= 4 is 21.7 Å². The van der Waals surface area contributed by atoms with Crippen molar-refractivity contribution in [1.29, 1.82) is 0 Å². The number of carbonyl (C=O) groups excluding carboxylic acids is 1. The Bertz CT molecular complexity index is 438. The molecule has 1 atom stereocenters. The molecule has 0 radical (unpaired) electrons. The van der Waals surface area contributed by atoms with Crippen LogP contribution in [0.25, 0.3) is 0 Å². The molecule has 0 saturated carbocycles. The van der Waals surface area contributed by atoms with Crippen LogP contribution >= 0.6 is 15.9 Å². The van der Waals surface area contributed by atoms with Crippen LogP contribution < -0.4 is 0 Å². The summed E-state index contributed by atoms with van der Waals surface area (Å²) in [6.45, 7) is 5.75. The van der Waals surface area contributed by atoms with Gasteiger partial charge in [0, 0.05) is 16.5 Å². The maximum atomic E-state index is 11.5. The lowest BCUT2D eigenvalue weighted by Gasteiger charge is -2.06. The third-order valence-corrected chi connectivity index (χ3v) is 3.51. The second-order valence-corrected chi connectivity index (χ2v) is 5.69. The number of hydrogen-bond acceptors (Lipinski definition) is 2. The summed E-state index contributed by atoms with van der Waals surface area (Å²) in [6, 6.07) is 5.85. The zero-order valence-electron chi connectivity index (χ0n) is 9.71. The topological polar surface area (TPSA) is 29.6 Å². The van der Waals surface area contributed by atoms with Gasteiger partial charge in [-0.1, -0.05) is 22.0 Å². The van der Waals surface area contributed by atoms with Gasteiger partial charge < -0.3 is 4.74 Å². The molecule has 0 unspecified atom stereocenters. The lowest BCUT2D eigenvalue weighted by Crippen LogP contribution is -2.09. The molecular formula is C13H15BrO2. The van der Waals surface area contributed by atoms with Crippen LogP contribution in [0.4, 0.5) is 0 Å². The van der Waals surface area contributed by atoms with E-state index in [1.54, 1.807) is 6.92 Å². The fourth-order valence-corrected chi connectivity index (χ4v) is 2.24. The van der Waals surface area contributed by atoms with Crippen molar-refractivity contribution < 1.29 is 9.53 Å². The molecule has 1 saturated heterocycles. The van der Waals surface area contributed by atoms with E-state index in [9.17, 15) is 4.79 Å². The number of ether oxygens (including phenoxy) is 1. The largest absolute Gasteiger partial charge is 0.366 e. The number of Topliss-reactive ketones (excluding diaryl/α,β-unsaturated/α-hetero) is 1. The van der Waals surface area contributed by atoms with E-state index in [-0.39, 0.29) is 17.5 Å². The van der Waals surface area contributed by atoms with Gasteiger partial charge in [-0.3, -0.25) is 4.79 Å². The van der Waals surface area contributed by atoms with E-state index in [2.05, 4.69) is 29.8 Å². The number of carbonyl (C=O) groups is 1. The van der Waals surface area contributed by atoms with Crippen molar-refractivity contribution in [1.82, 2.24) is 0 Å². The molecule has 0 bridgehead atoms. The minimum Gasteiger partial charge on any atom is -0.366 e. The third-order valence-electron chi connectivity index (χ3n) is 3.02. The maximum absolute atomic E-state index is 11.5. The average molecular weight is 283 g/mol. The Labute approximate surface area is 104 Å². The maximum Gasteiger partial charge on any atom is 0.160 e. The molecule has 1 heterocycles. The normalized spacial score (nSPS) is 21.9. The minimum atomic E-state index is -0.0267. The molecule has 3 heteroatoms. The molecule has 0 aliphatic carbocycles. The van der Waals surface area contributed by atoms with Crippen molar-refractivity contribution in [3.05, 3.63) is 33.8 Å². The smallest absolute Gasteiger partial charge is 0.160 e. The van der Waals surface area contributed by atoms with Crippen molar-refractivity contribution in [3.63, 3.8) is 0 Å². The Morgan fingerprint density at radius 3 is 2.62 bits per heavy atom. The minimum absolute atomic E-state index is 0.0267.